The summed E-state index contributed by atoms with van der Waals surface area (Å²) in [5.41, 5.74) is 0.00686. The molecule has 8 rings (SSSR count). The van der Waals surface area contributed by atoms with Crippen LogP contribution in [0.1, 0.15) is 115 Å². The molecule has 318 valence electrons. The molecule has 4 aliphatic rings. The molecule has 4 atom stereocenters. The third-order valence-electron chi connectivity index (χ3n) is 13.9. The lowest BCUT2D eigenvalue weighted by Gasteiger charge is -2.57. The first-order chi connectivity index (χ1) is 28.1. The molecule has 2 heterocycles. The predicted octanol–water partition coefficient (Wildman–Crippen LogP) is 9.92. The van der Waals surface area contributed by atoms with Crippen molar-refractivity contribution in [3.8, 4) is 11.6 Å². The van der Waals surface area contributed by atoms with Gasteiger partial charge in [-0.2, -0.15) is 0 Å². The number of hydrogen-bond acceptors (Lipinski definition) is 10. The lowest BCUT2D eigenvalue weighted by atomic mass is 9.53. The first kappa shape index (κ1) is 42.1. The summed E-state index contributed by atoms with van der Waals surface area (Å²) in [5.74, 6) is -2.12. The molecule has 12 heteroatoms. The first-order valence-electron chi connectivity index (χ1n) is 20.9. The molecule has 60 heavy (non-hydrogen) atoms. The van der Waals surface area contributed by atoms with Gasteiger partial charge >= 0.3 is 0 Å². The highest BCUT2D eigenvalue weighted by Crippen LogP contribution is 2.63. The van der Waals surface area contributed by atoms with Crippen molar-refractivity contribution in [2.75, 3.05) is 14.1 Å². The minimum atomic E-state index is -2.96. The summed E-state index contributed by atoms with van der Waals surface area (Å²) in [6, 6.07) is 18.6. The summed E-state index contributed by atoms with van der Waals surface area (Å²) in [6.07, 6.45) is 0.297. The van der Waals surface area contributed by atoms with Crippen LogP contribution in [0.4, 0.5) is 4.39 Å². The third kappa shape index (κ3) is 6.56. The van der Waals surface area contributed by atoms with Crippen molar-refractivity contribution in [2.45, 2.75) is 123 Å². The highest BCUT2D eigenvalue weighted by atomic mass is 28.4. The minimum absolute atomic E-state index is 0.00792. The number of benzene rings is 3. The van der Waals surface area contributed by atoms with Crippen LogP contribution in [0.25, 0.3) is 0 Å². The van der Waals surface area contributed by atoms with Gasteiger partial charge in [-0.25, -0.2) is 4.39 Å². The molecule has 0 unspecified atom stereocenters. The summed E-state index contributed by atoms with van der Waals surface area (Å²) < 4.78 is 43.7. The standard InChI is InChI=1S/C48H58FN3O7Si/c1-45(2,3)52-24-31-32(25-52)40(56-26-28-18-14-12-15-19-28)34-30(37(31)49)22-47(7)23-33-38(51(8)9)41-35(44(50-58-41)57-27-29-20-16-13-17-21-29)42(54)48(33,43(55)36(47)39(34)53)59-60(10,11)46(4,5)6/h12-21,33,38,55H,22-27H2,1-11H3/t33-,38-,47-,48+/m0/s1. The number of Topliss-reactive ketones (excluding diaryl/α,β-unsaturated/α-hetero) is 2. The molecule has 0 amide bonds. The molecule has 1 aromatic heterocycles. The van der Waals surface area contributed by atoms with E-state index in [4.69, 9.17) is 18.4 Å². The number of rotatable bonds is 9. The van der Waals surface area contributed by atoms with Crippen LogP contribution >= 0.6 is 0 Å². The SMILES string of the molecule is CN(C)[C@@H]1c2onc(OCc3ccccc3)c2C(=O)[C@@]2(O[Si](C)(C)C(C)(C)C)C(O)=C3C(=O)c4c(c(F)c5c(c4OCc4ccccc4)CN(C(C)(C)C)C5)C[C@@]3(C)C[C@@H]12. The number of nitrogens with zero attached hydrogens (tertiary/aromatic N) is 3. The number of allylic oxidation sites excluding steroid dienone is 1. The summed E-state index contributed by atoms with van der Waals surface area (Å²) in [5, 5.41) is 17.2. The van der Waals surface area contributed by atoms with Crippen LogP contribution in [0.3, 0.4) is 0 Å². The van der Waals surface area contributed by atoms with E-state index in [0.717, 1.165) is 11.1 Å². The number of aromatic nitrogens is 1. The molecular weight excluding hydrogens is 778 g/mol. The maximum absolute atomic E-state index is 17.4. The van der Waals surface area contributed by atoms with Gasteiger partial charge in [0.25, 0.3) is 5.88 Å². The molecular formula is C48H58FN3O7Si. The number of hydrogen-bond donors (Lipinski definition) is 1. The Labute approximate surface area is 353 Å². The van der Waals surface area contributed by atoms with Crippen LogP contribution in [0.15, 0.2) is 76.5 Å². The van der Waals surface area contributed by atoms with Crippen LogP contribution in [-0.2, 0) is 37.2 Å². The van der Waals surface area contributed by atoms with Gasteiger partial charge in [-0.1, -0.05) is 88.4 Å². The molecule has 1 N–H and O–H groups in total. The highest BCUT2D eigenvalue weighted by Gasteiger charge is 2.69. The lowest BCUT2D eigenvalue weighted by Crippen LogP contribution is -2.66. The number of carbonyl (C=O) groups is 2. The highest BCUT2D eigenvalue weighted by molar-refractivity contribution is 6.74. The fourth-order valence-electron chi connectivity index (χ4n) is 9.65. The van der Waals surface area contributed by atoms with Crippen molar-refractivity contribution in [2.24, 2.45) is 11.3 Å². The second kappa shape index (κ2) is 14.5. The Morgan fingerprint density at radius 3 is 2.05 bits per heavy atom. The average Bonchev–Trinajstić information content (AvgIpc) is 3.82. The lowest BCUT2D eigenvalue weighted by molar-refractivity contribution is -0.0580. The Bertz CT molecular complexity index is 2400. The summed E-state index contributed by atoms with van der Waals surface area (Å²) in [7, 11) is 0.809. The average molecular weight is 836 g/mol. The third-order valence-corrected chi connectivity index (χ3v) is 18.3. The molecule has 0 radical (unpaired) electrons. The van der Waals surface area contributed by atoms with Gasteiger partial charge in [-0.3, -0.25) is 19.4 Å². The Morgan fingerprint density at radius 1 is 0.900 bits per heavy atom. The Kier molecular flexibility index (Phi) is 10.2. The number of aliphatic hydroxyl groups is 1. The zero-order valence-electron chi connectivity index (χ0n) is 36.8. The van der Waals surface area contributed by atoms with Crippen LogP contribution in [-0.4, -0.2) is 65.2 Å². The monoisotopic (exact) mass is 835 g/mol. The van der Waals surface area contributed by atoms with Crippen molar-refractivity contribution in [1.29, 1.82) is 0 Å². The predicted molar refractivity (Wildman–Crippen MR) is 229 cm³/mol. The summed E-state index contributed by atoms with van der Waals surface area (Å²) >= 11 is 0. The molecule has 0 saturated heterocycles. The number of fused-ring (bicyclic) bond motifs is 5. The van der Waals surface area contributed by atoms with E-state index in [1.54, 1.807) is 0 Å². The van der Waals surface area contributed by atoms with Gasteiger partial charge in [-0.05, 0) is 82.1 Å². The Balaban J connectivity index is 1.35. The Morgan fingerprint density at radius 2 is 1.48 bits per heavy atom. The number of ketones is 2. The smallest absolute Gasteiger partial charge is 0.265 e. The van der Waals surface area contributed by atoms with E-state index in [1.165, 1.54) is 0 Å². The Hall–Kier alpha value is -4.62. The van der Waals surface area contributed by atoms with Crippen LogP contribution in [0, 0.1) is 17.2 Å². The van der Waals surface area contributed by atoms with Crippen LogP contribution < -0.4 is 9.47 Å². The van der Waals surface area contributed by atoms with Crippen molar-refractivity contribution >= 4 is 19.9 Å². The van der Waals surface area contributed by atoms with Gasteiger partial charge in [0.1, 0.15) is 36.1 Å². The molecule has 3 aliphatic carbocycles. The molecule has 0 saturated carbocycles. The number of halogens is 1. The second-order valence-electron chi connectivity index (χ2n) is 20.2. The maximum atomic E-state index is 17.4. The molecule has 0 spiro atoms. The fourth-order valence-corrected chi connectivity index (χ4v) is 11.1. The van der Waals surface area contributed by atoms with Crippen molar-refractivity contribution in [1.82, 2.24) is 15.0 Å². The molecule has 1 aliphatic heterocycles. The van der Waals surface area contributed by atoms with E-state index >= 15 is 14.0 Å². The van der Waals surface area contributed by atoms with Gasteiger partial charge in [0.15, 0.2) is 25.5 Å². The molecule has 10 nitrogen and oxygen atoms in total. The first-order valence-corrected chi connectivity index (χ1v) is 23.9. The molecule has 0 bridgehead atoms. The van der Waals surface area contributed by atoms with Crippen LogP contribution in [0.2, 0.25) is 18.1 Å². The largest absolute Gasteiger partial charge is 0.508 e. The minimum Gasteiger partial charge on any atom is -0.508 e. The van der Waals surface area contributed by atoms with Gasteiger partial charge in [0, 0.05) is 52.2 Å². The maximum Gasteiger partial charge on any atom is 0.265 e. The normalized spacial score (nSPS) is 24.2. The van der Waals surface area contributed by atoms with E-state index in [-0.39, 0.29) is 59.7 Å². The summed E-state index contributed by atoms with van der Waals surface area (Å²) in [6.45, 7) is 19.5. The van der Waals surface area contributed by atoms with Crippen LogP contribution in [0.5, 0.6) is 11.6 Å². The number of carbonyl (C=O) groups excluding carboxylic acids is 2. The summed E-state index contributed by atoms with van der Waals surface area (Å²) in [4.78, 5) is 35.5. The van der Waals surface area contributed by atoms with E-state index < -0.39 is 59.5 Å². The van der Waals surface area contributed by atoms with Crippen molar-refractivity contribution < 1.29 is 37.5 Å². The van der Waals surface area contributed by atoms with E-state index in [1.807, 2.05) is 99.7 Å². The van der Waals surface area contributed by atoms with Gasteiger partial charge in [0.2, 0.25) is 5.78 Å². The van der Waals surface area contributed by atoms with E-state index in [9.17, 15) is 5.11 Å². The molecule has 3 aromatic carbocycles. The topological polar surface area (TPSA) is 115 Å². The van der Waals surface area contributed by atoms with Gasteiger partial charge < -0.3 is 23.5 Å². The van der Waals surface area contributed by atoms with Crippen molar-refractivity contribution in [3.05, 3.63) is 123 Å². The van der Waals surface area contributed by atoms with Crippen molar-refractivity contribution in [3.63, 3.8) is 0 Å². The van der Waals surface area contributed by atoms with Gasteiger partial charge in [0.05, 0.1) is 11.6 Å². The molecule has 0 fully saturated rings. The zero-order chi connectivity index (χ0) is 43.3. The quantitative estimate of drug-likeness (QED) is 0.164. The molecule has 4 aromatic rings. The second-order valence-corrected chi connectivity index (χ2v) is 24.9. The zero-order valence-corrected chi connectivity index (χ0v) is 37.8. The van der Waals surface area contributed by atoms with E-state index in [0.29, 0.717) is 35.7 Å². The number of aliphatic hydroxyl groups excluding tert-OH is 1. The fraction of sp³-hybridized carbons (Fsp3) is 0.479. The number of ether oxygens (including phenoxy) is 2. The van der Waals surface area contributed by atoms with E-state index in [2.05, 4.69) is 51.6 Å². The van der Waals surface area contributed by atoms with Gasteiger partial charge in [-0.15, -0.1) is 0 Å².